The summed E-state index contributed by atoms with van der Waals surface area (Å²) < 4.78 is 30.4. The minimum Gasteiger partial charge on any atom is -0.465 e. The van der Waals surface area contributed by atoms with E-state index < -0.39 is 16.0 Å². The molecule has 18 heavy (non-hydrogen) atoms. The average molecular weight is 271 g/mol. The van der Waals surface area contributed by atoms with Gasteiger partial charge in [0, 0.05) is 0 Å². The lowest BCUT2D eigenvalue weighted by atomic mass is 10.1. The molecule has 1 N–H and O–H groups in total. The third kappa shape index (κ3) is 3.73. The average Bonchev–Trinajstić information content (AvgIpc) is 2.30. The second-order valence-corrected chi connectivity index (χ2v) is 5.80. The number of hydrogen-bond acceptors (Lipinski definition) is 4. The van der Waals surface area contributed by atoms with Crippen molar-refractivity contribution in [2.24, 2.45) is 0 Å². The van der Waals surface area contributed by atoms with Crippen molar-refractivity contribution in [1.82, 2.24) is 0 Å². The first-order valence-electron chi connectivity index (χ1n) is 5.59. The number of rotatable bonds is 5. The van der Waals surface area contributed by atoms with Gasteiger partial charge in [-0.2, -0.15) is 0 Å². The number of carbonyl (C=O) groups is 1. The number of anilines is 1. The van der Waals surface area contributed by atoms with E-state index >= 15 is 0 Å². The first-order chi connectivity index (χ1) is 8.39. The molecule has 0 aliphatic heterocycles. The van der Waals surface area contributed by atoms with Crippen molar-refractivity contribution in [3.63, 3.8) is 0 Å². The summed E-state index contributed by atoms with van der Waals surface area (Å²) in [5.41, 5.74) is 1.33. The highest BCUT2D eigenvalue weighted by atomic mass is 32.2. The van der Waals surface area contributed by atoms with E-state index in [-0.39, 0.29) is 17.0 Å². The van der Waals surface area contributed by atoms with Crippen LogP contribution >= 0.6 is 0 Å². The van der Waals surface area contributed by atoms with Crippen molar-refractivity contribution in [2.75, 3.05) is 17.6 Å². The fraction of sp³-hybridized carbons (Fsp3) is 0.417. The van der Waals surface area contributed by atoms with E-state index in [0.29, 0.717) is 6.42 Å². The van der Waals surface area contributed by atoms with Crippen LogP contribution in [0.3, 0.4) is 0 Å². The zero-order valence-corrected chi connectivity index (χ0v) is 11.5. The monoisotopic (exact) mass is 271 g/mol. The molecule has 0 unspecified atom stereocenters. The number of methoxy groups -OCH3 is 1. The number of sulfonamides is 1. The fourth-order valence-electron chi connectivity index (χ4n) is 1.51. The van der Waals surface area contributed by atoms with Crippen LogP contribution in [0.2, 0.25) is 0 Å². The highest BCUT2D eigenvalue weighted by Gasteiger charge is 2.16. The van der Waals surface area contributed by atoms with E-state index in [4.69, 9.17) is 0 Å². The maximum atomic E-state index is 11.7. The van der Waals surface area contributed by atoms with E-state index in [9.17, 15) is 13.2 Å². The molecule has 0 radical (unpaired) electrons. The Morgan fingerprint density at radius 3 is 2.61 bits per heavy atom. The van der Waals surface area contributed by atoms with Crippen molar-refractivity contribution in [2.45, 2.75) is 20.3 Å². The maximum absolute atomic E-state index is 11.7. The third-order valence-electron chi connectivity index (χ3n) is 2.32. The standard InChI is InChI=1S/C12H17NO4S/c1-4-7-18(15,16)13-11-6-5-9(2)8-10(11)12(14)17-3/h5-6,8,13H,4,7H2,1-3H3. The lowest BCUT2D eigenvalue weighted by Gasteiger charge is -2.11. The first kappa shape index (κ1) is 14.5. The number of nitrogens with one attached hydrogen (secondary N) is 1. The quantitative estimate of drug-likeness (QED) is 0.831. The number of carbonyl (C=O) groups excluding carboxylic acids is 1. The maximum Gasteiger partial charge on any atom is 0.340 e. The topological polar surface area (TPSA) is 72.5 Å². The largest absolute Gasteiger partial charge is 0.465 e. The second-order valence-electron chi connectivity index (χ2n) is 3.96. The molecule has 0 bridgehead atoms. The Labute approximate surface area is 107 Å². The predicted molar refractivity (Wildman–Crippen MR) is 70.2 cm³/mol. The molecular weight excluding hydrogens is 254 g/mol. The summed E-state index contributed by atoms with van der Waals surface area (Å²) in [6.07, 6.45) is 0.509. The van der Waals surface area contributed by atoms with E-state index in [1.807, 2.05) is 6.92 Å². The molecule has 1 aromatic carbocycles. The van der Waals surface area contributed by atoms with Gasteiger partial charge in [0.25, 0.3) is 0 Å². The van der Waals surface area contributed by atoms with Crippen LogP contribution in [-0.4, -0.2) is 27.2 Å². The Balaban J connectivity index is 3.13. The van der Waals surface area contributed by atoms with Gasteiger partial charge in [-0.05, 0) is 25.5 Å². The SMILES string of the molecule is CCCS(=O)(=O)Nc1ccc(C)cc1C(=O)OC. The van der Waals surface area contributed by atoms with E-state index in [0.717, 1.165) is 5.56 Å². The molecule has 0 aromatic heterocycles. The van der Waals surface area contributed by atoms with Crippen LogP contribution in [0, 0.1) is 6.92 Å². The molecule has 0 saturated heterocycles. The number of ether oxygens (including phenoxy) is 1. The zero-order valence-electron chi connectivity index (χ0n) is 10.7. The van der Waals surface area contributed by atoms with Crippen LogP contribution in [0.5, 0.6) is 0 Å². The summed E-state index contributed by atoms with van der Waals surface area (Å²) in [7, 11) is -2.16. The third-order valence-corrected chi connectivity index (χ3v) is 3.80. The highest BCUT2D eigenvalue weighted by Crippen LogP contribution is 2.20. The van der Waals surface area contributed by atoms with Crippen molar-refractivity contribution in [3.8, 4) is 0 Å². The van der Waals surface area contributed by atoms with Gasteiger partial charge in [0.2, 0.25) is 10.0 Å². The first-order valence-corrected chi connectivity index (χ1v) is 7.24. The van der Waals surface area contributed by atoms with Crippen LogP contribution < -0.4 is 4.72 Å². The highest BCUT2D eigenvalue weighted by molar-refractivity contribution is 7.92. The molecule has 0 aliphatic carbocycles. The summed E-state index contributed by atoms with van der Waals surface area (Å²) in [6, 6.07) is 4.89. The smallest absolute Gasteiger partial charge is 0.340 e. The molecular formula is C12H17NO4S. The lowest BCUT2D eigenvalue weighted by Crippen LogP contribution is -2.18. The van der Waals surface area contributed by atoms with Gasteiger partial charge >= 0.3 is 5.97 Å². The summed E-state index contributed by atoms with van der Waals surface area (Å²) in [5.74, 6) is -0.547. The number of benzene rings is 1. The molecule has 0 atom stereocenters. The Kier molecular flexibility index (Phi) is 4.72. The number of hydrogen-bond donors (Lipinski definition) is 1. The molecule has 5 nitrogen and oxygen atoms in total. The van der Waals surface area contributed by atoms with Crippen molar-refractivity contribution in [1.29, 1.82) is 0 Å². The van der Waals surface area contributed by atoms with Gasteiger partial charge in [0.1, 0.15) is 0 Å². The molecule has 6 heteroatoms. The molecule has 0 spiro atoms. The van der Waals surface area contributed by atoms with Gasteiger partial charge in [-0.15, -0.1) is 0 Å². The number of esters is 1. The summed E-state index contributed by atoms with van der Waals surface area (Å²) in [5, 5.41) is 0. The van der Waals surface area contributed by atoms with Crippen molar-refractivity contribution < 1.29 is 17.9 Å². The summed E-state index contributed by atoms with van der Waals surface area (Å²) in [6.45, 7) is 3.59. The molecule has 0 fully saturated rings. The normalized spacial score (nSPS) is 11.1. The van der Waals surface area contributed by atoms with Crippen molar-refractivity contribution in [3.05, 3.63) is 29.3 Å². The van der Waals surface area contributed by atoms with Gasteiger partial charge in [0.15, 0.2) is 0 Å². The van der Waals surface area contributed by atoms with Gasteiger partial charge in [0.05, 0.1) is 24.1 Å². The predicted octanol–water partition coefficient (Wildman–Crippen LogP) is 1.93. The molecule has 1 rings (SSSR count). The fourth-order valence-corrected chi connectivity index (χ4v) is 2.67. The minimum absolute atomic E-state index is 0.0154. The van der Waals surface area contributed by atoms with Gasteiger partial charge < -0.3 is 4.74 Å². The van der Waals surface area contributed by atoms with Crippen LogP contribution in [0.1, 0.15) is 29.3 Å². The zero-order chi connectivity index (χ0) is 13.8. The van der Waals surface area contributed by atoms with Crippen LogP contribution in [0.4, 0.5) is 5.69 Å². The molecule has 0 aliphatic rings. The molecule has 1 aromatic rings. The Bertz CT molecular complexity index is 537. The van der Waals surface area contributed by atoms with E-state index in [1.54, 1.807) is 25.1 Å². The Hall–Kier alpha value is -1.56. The van der Waals surface area contributed by atoms with Crippen LogP contribution in [-0.2, 0) is 14.8 Å². The molecule has 0 saturated carbocycles. The van der Waals surface area contributed by atoms with Crippen molar-refractivity contribution >= 4 is 21.7 Å². The van der Waals surface area contributed by atoms with Crippen LogP contribution in [0.25, 0.3) is 0 Å². The van der Waals surface area contributed by atoms with Gasteiger partial charge in [-0.25, -0.2) is 13.2 Å². The molecule has 100 valence electrons. The lowest BCUT2D eigenvalue weighted by molar-refractivity contribution is 0.0602. The second kappa shape index (κ2) is 5.86. The summed E-state index contributed by atoms with van der Waals surface area (Å²) >= 11 is 0. The van der Waals surface area contributed by atoms with Crippen LogP contribution in [0.15, 0.2) is 18.2 Å². The van der Waals surface area contributed by atoms with Gasteiger partial charge in [-0.3, -0.25) is 4.72 Å². The summed E-state index contributed by atoms with van der Waals surface area (Å²) in [4.78, 5) is 11.6. The molecule has 0 amide bonds. The van der Waals surface area contributed by atoms with E-state index in [1.165, 1.54) is 7.11 Å². The van der Waals surface area contributed by atoms with Gasteiger partial charge in [-0.1, -0.05) is 18.6 Å². The minimum atomic E-state index is -3.42. The van der Waals surface area contributed by atoms with E-state index in [2.05, 4.69) is 9.46 Å². The Morgan fingerprint density at radius 1 is 1.39 bits per heavy atom. The number of aryl methyl sites for hydroxylation is 1. The molecule has 0 heterocycles. The Morgan fingerprint density at radius 2 is 2.06 bits per heavy atom.